The summed E-state index contributed by atoms with van der Waals surface area (Å²) in [6.07, 6.45) is 0.0972. The summed E-state index contributed by atoms with van der Waals surface area (Å²) in [6, 6.07) is 0. The predicted octanol–water partition coefficient (Wildman–Crippen LogP) is -1.46. The molecular weight excluding hydrogens is 114 g/mol. The highest BCUT2D eigenvalue weighted by Crippen LogP contribution is 1.99. The summed E-state index contributed by atoms with van der Waals surface area (Å²) in [5.41, 5.74) is 4.42. The van der Waals surface area contributed by atoms with E-state index in [2.05, 4.69) is 5.73 Å². The molecule has 6 N–H and O–H groups in total. The van der Waals surface area contributed by atoms with Crippen LogP contribution >= 0.6 is 0 Å². The van der Waals surface area contributed by atoms with Crippen LogP contribution in [0, 0.1) is 0 Å². The summed E-state index contributed by atoms with van der Waals surface area (Å²) >= 11 is 0. The molecule has 0 radical (unpaired) electrons. The van der Waals surface area contributed by atoms with Gasteiger partial charge in [0.25, 0.3) is 5.91 Å². The summed E-state index contributed by atoms with van der Waals surface area (Å²) in [5.74, 6) is -3.92. The smallest absolute Gasteiger partial charge is 0.284 e. The highest BCUT2D eigenvalue weighted by Gasteiger charge is 2.21. The van der Waals surface area contributed by atoms with Crippen LogP contribution in [0.2, 0.25) is 0 Å². The van der Waals surface area contributed by atoms with Crippen LogP contribution < -0.4 is 5.73 Å². The van der Waals surface area contributed by atoms with Crippen LogP contribution in [-0.4, -0.2) is 26.3 Å². The zero-order valence-electron chi connectivity index (χ0n) is 3.94. The van der Waals surface area contributed by atoms with Gasteiger partial charge in [0, 0.05) is 0 Å². The Morgan fingerprint density at radius 3 is 1.88 bits per heavy atom. The maximum Gasteiger partial charge on any atom is 0.284 e. The molecule has 0 bridgehead atoms. The lowest BCUT2D eigenvalue weighted by molar-refractivity contribution is -0.148. The van der Waals surface area contributed by atoms with Crippen molar-refractivity contribution in [2.24, 2.45) is 5.73 Å². The fourth-order valence-corrected chi connectivity index (χ4v) is 0.0950. The second kappa shape index (κ2) is 1.99. The molecule has 48 valence electrons. The van der Waals surface area contributed by atoms with Crippen molar-refractivity contribution in [3.05, 3.63) is 12.0 Å². The van der Waals surface area contributed by atoms with E-state index in [4.69, 9.17) is 20.4 Å². The molecule has 0 aromatic rings. The molecule has 0 aromatic heterocycles. The van der Waals surface area contributed by atoms with Gasteiger partial charge >= 0.3 is 0 Å². The first-order valence-electron chi connectivity index (χ1n) is 1.76. The molecular formula is C3H7NO4. The second-order valence-electron chi connectivity index (χ2n) is 1.24. The number of nitrogens with two attached hydrogens (primary N) is 1. The summed E-state index contributed by atoms with van der Waals surface area (Å²) < 4.78 is 0. The van der Waals surface area contributed by atoms with Crippen molar-refractivity contribution in [1.82, 2.24) is 0 Å². The topological polar surface area (TPSA) is 107 Å². The molecule has 0 aliphatic carbocycles. The van der Waals surface area contributed by atoms with E-state index in [1.54, 1.807) is 0 Å². The molecule has 0 amide bonds. The van der Waals surface area contributed by atoms with Crippen molar-refractivity contribution in [3.8, 4) is 0 Å². The van der Waals surface area contributed by atoms with E-state index in [9.17, 15) is 0 Å². The summed E-state index contributed by atoms with van der Waals surface area (Å²) in [7, 11) is 0. The average molecular weight is 121 g/mol. The lowest BCUT2D eigenvalue weighted by Gasteiger charge is -2.11. The molecule has 0 saturated carbocycles. The number of hydrogen-bond acceptors (Lipinski definition) is 5. The zero-order valence-corrected chi connectivity index (χ0v) is 3.94. The summed E-state index contributed by atoms with van der Waals surface area (Å²) in [5, 5.41) is 32.3. The van der Waals surface area contributed by atoms with E-state index in [0.717, 1.165) is 0 Å². The van der Waals surface area contributed by atoms with Crippen LogP contribution in [0.3, 0.4) is 0 Å². The molecule has 5 heteroatoms. The lowest BCUT2D eigenvalue weighted by atomic mass is 10.4. The standard InChI is InChI=1S/C3H7NO4/c4-3(7,8)2(6)1-5/h1,5-8H,4H2. The minimum Gasteiger partial charge on any atom is -0.512 e. The van der Waals surface area contributed by atoms with Crippen molar-refractivity contribution in [3.63, 3.8) is 0 Å². The SMILES string of the molecule is NC(O)(O)C(O)=CO. The maximum atomic E-state index is 8.18. The minimum absolute atomic E-state index is 0.0972. The van der Waals surface area contributed by atoms with Crippen molar-refractivity contribution < 1.29 is 20.4 Å². The first kappa shape index (κ1) is 7.22. The third kappa shape index (κ3) is 1.78. The Labute approximate surface area is 45.3 Å². The van der Waals surface area contributed by atoms with Gasteiger partial charge in [-0.25, -0.2) is 0 Å². The Hall–Kier alpha value is -0.780. The van der Waals surface area contributed by atoms with Crippen molar-refractivity contribution in [2.75, 3.05) is 0 Å². The van der Waals surface area contributed by atoms with Gasteiger partial charge in [-0.05, 0) is 0 Å². The maximum absolute atomic E-state index is 8.18. The third-order valence-corrected chi connectivity index (χ3v) is 0.499. The highest BCUT2D eigenvalue weighted by molar-refractivity contribution is 4.93. The zero-order chi connectivity index (χ0) is 6.78. The molecule has 0 rings (SSSR count). The molecule has 0 spiro atoms. The van der Waals surface area contributed by atoms with Gasteiger partial charge in [0.2, 0.25) is 5.76 Å². The molecule has 0 heterocycles. The van der Waals surface area contributed by atoms with E-state index >= 15 is 0 Å². The van der Waals surface area contributed by atoms with Gasteiger partial charge in [-0.1, -0.05) is 0 Å². The Balaban J connectivity index is 4.03. The first-order valence-corrected chi connectivity index (χ1v) is 1.76. The Morgan fingerprint density at radius 2 is 1.88 bits per heavy atom. The predicted molar refractivity (Wildman–Crippen MR) is 24.7 cm³/mol. The van der Waals surface area contributed by atoms with Crippen molar-refractivity contribution in [2.45, 2.75) is 5.91 Å². The van der Waals surface area contributed by atoms with Gasteiger partial charge in [0.15, 0.2) is 0 Å². The van der Waals surface area contributed by atoms with E-state index in [0.29, 0.717) is 0 Å². The largest absolute Gasteiger partial charge is 0.512 e. The van der Waals surface area contributed by atoms with Gasteiger partial charge in [0.1, 0.15) is 6.26 Å². The van der Waals surface area contributed by atoms with Crippen molar-refractivity contribution in [1.29, 1.82) is 0 Å². The average Bonchev–Trinajstić information content (AvgIpc) is 1.62. The summed E-state index contributed by atoms with van der Waals surface area (Å²) in [4.78, 5) is 0. The number of rotatable bonds is 1. The second-order valence-corrected chi connectivity index (χ2v) is 1.24. The van der Waals surface area contributed by atoms with Gasteiger partial charge in [-0.15, -0.1) is 0 Å². The Morgan fingerprint density at radius 1 is 1.50 bits per heavy atom. The fourth-order valence-electron chi connectivity index (χ4n) is 0.0950. The molecule has 0 aliphatic heterocycles. The van der Waals surface area contributed by atoms with Crippen LogP contribution in [0.5, 0.6) is 0 Å². The molecule has 0 aliphatic rings. The normalized spacial score (nSPS) is 14.1. The number of aliphatic hydroxyl groups excluding tert-OH is 2. The third-order valence-electron chi connectivity index (χ3n) is 0.499. The molecule has 0 aromatic carbocycles. The minimum atomic E-state index is -2.82. The fraction of sp³-hybridized carbons (Fsp3) is 0.333. The molecule has 0 saturated heterocycles. The Kier molecular flexibility index (Phi) is 1.80. The number of hydrogen-bond donors (Lipinski definition) is 5. The molecule has 0 atom stereocenters. The van der Waals surface area contributed by atoms with Gasteiger partial charge in [-0.2, -0.15) is 0 Å². The first-order chi connectivity index (χ1) is 3.48. The van der Waals surface area contributed by atoms with E-state index in [-0.39, 0.29) is 6.26 Å². The van der Waals surface area contributed by atoms with Crippen LogP contribution in [0.25, 0.3) is 0 Å². The lowest BCUT2D eigenvalue weighted by Crippen LogP contribution is -2.41. The van der Waals surface area contributed by atoms with Gasteiger partial charge < -0.3 is 20.4 Å². The molecule has 5 nitrogen and oxygen atoms in total. The Bertz CT molecular complexity index is 102. The molecule has 0 unspecified atom stereocenters. The summed E-state index contributed by atoms with van der Waals surface area (Å²) in [6.45, 7) is 0. The molecule has 0 fully saturated rings. The van der Waals surface area contributed by atoms with Crippen LogP contribution in [0.1, 0.15) is 0 Å². The quantitative estimate of drug-likeness (QED) is 0.215. The van der Waals surface area contributed by atoms with E-state index < -0.39 is 11.7 Å². The van der Waals surface area contributed by atoms with Crippen LogP contribution in [0.15, 0.2) is 12.0 Å². The van der Waals surface area contributed by atoms with Crippen LogP contribution in [0.4, 0.5) is 0 Å². The number of aliphatic hydroxyl groups is 4. The molecule has 8 heavy (non-hydrogen) atoms. The highest BCUT2D eigenvalue weighted by atomic mass is 16.5. The van der Waals surface area contributed by atoms with Gasteiger partial charge in [-0.3, -0.25) is 5.73 Å². The van der Waals surface area contributed by atoms with E-state index in [1.165, 1.54) is 0 Å². The van der Waals surface area contributed by atoms with E-state index in [1.807, 2.05) is 0 Å². The van der Waals surface area contributed by atoms with Crippen molar-refractivity contribution >= 4 is 0 Å². The van der Waals surface area contributed by atoms with Gasteiger partial charge in [0.05, 0.1) is 0 Å². The van der Waals surface area contributed by atoms with Crippen LogP contribution in [-0.2, 0) is 0 Å². The monoisotopic (exact) mass is 121 g/mol.